The number of nitrogens with one attached hydrogen (secondary N) is 1. The van der Waals surface area contributed by atoms with Gasteiger partial charge in [0.25, 0.3) is 0 Å². The molecular formula is C17H20N4O3. The maximum Gasteiger partial charge on any atom is 0.317 e. The molecule has 1 N–H and O–H groups in total. The number of para-hydroxylation sites is 1. The number of amides is 3. The third-order valence-electron chi connectivity index (χ3n) is 4.92. The summed E-state index contributed by atoms with van der Waals surface area (Å²) < 4.78 is 5.26. The predicted molar refractivity (Wildman–Crippen MR) is 87.4 cm³/mol. The van der Waals surface area contributed by atoms with Crippen LogP contribution >= 0.6 is 0 Å². The Hall–Kier alpha value is -2.57. The van der Waals surface area contributed by atoms with Crippen molar-refractivity contribution in [1.29, 1.82) is 0 Å². The van der Waals surface area contributed by atoms with Crippen LogP contribution in [0.4, 0.5) is 4.79 Å². The number of rotatable bonds is 3. The summed E-state index contributed by atoms with van der Waals surface area (Å²) in [4.78, 5) is 28.1. The number of piperidine rings is 1. The first-order chi connectivity index (χ1) is 11.7. The van der Waals surface area contributed by atoms with E-state index >= 15 is 0 Å². The zero-order valence-corrected chi connectivity index (χ0v) is 13.4. The van der Waals surface area contributed by atoms with Gasteiger partial charge in [-0.25, -0.2) is 4.79 Å². The number of carbonyl (C=O) groups is 2. The van der Waals surface area contributed by atoms with E-state index in [2.05, 4.69) is 10.5 Å². The molecule has 3 heterocycles. The molecule has 2 aliphatic rings. The average molecular weight is 328 g/mol. The van der Waals surface area contributed by atoms with Crippen LogP contribution in [0.2, 0.25) is 0 Å². The number of carbonyl (C=O) groups excluding carboxylic acids is 2. The lowest BCUT2D eigenvalue weighted by atomic mass is 10.0. The highest BCUT2D eigenvalue weighted by atomic mass is 16.5. The van der Waals surface area contributed by atoms with E-state index < -0.39 is 0 Å². The van der Waals surface area contributed by atoms with E-state index in [-0.39, 0.29) is 24.4 Å². The molecule has 7 heteroatoms. The van der Waals surface area contributed by atoms with Gasteiger partial charge in [0.15, 0.2) is 5.58 Å². The third kappa shape index (κ3) is 2.70. The summed E-state index contributed by atoms with van der Waals surface area (Å²) in [6, 6.07) is 7.84. The van der Waals surface area contributed by atoms with Gasteiger partial charge in [0.1, 0.15) is 5.69 Å². The average Bonchev–Trinajstić information content (AvgIpc) is 3.22. The summed E-state index contributed by atoms with van der Waals surface area (Å²) in [5, 5.41) is 7.77. The first kappa shape index (κ1) is 15.0. The molecule has 2 aromatic rings. The van der Waals surface area contributed by atoms with Crippen molar-refractivity contribution in [3.8, 4) is 0 Å². The topological polar surface area (TPSA) is 78.7 Å². The van der Waals surface area contributed by atoms with Crippen molar-refractivity contribution in [2.45, 2.75) is 25.3 Å². The first-order valence-corrected chi connectivity index (χ1v) is 8.38. The molecule has 0 spiro atoms. The second-order valence-electron chi connectivity index (χ2n) is 6.34. The molecule has 3 amide bonds. The van der Waals surface area contributed by atoms with Crippen LogP contribution < -0.4 is 5.32 Å². The van der Waals surface area contributed by atoms with Crippen LogP contribution in [0.15, 0.2) is 28.8 Å². The Bertz CT molecular complexity index is 764. The van der Waals surface area contributed by atoms with Crippen molar-refractivity contribution in [2.24, 2.45) is 0 Å². The predicted octanol–water partition coefficient (Wildman–Crippen LogP) is 1.39. The zero-order chi connectivity index (χ0) is 16.5. The molecule has 126 valence electrons. The van der Waals surface area contributed by atoms with Gasteiger partial charge < -0.3 is 19.6 Å². The van der Waals surface area contributed by atoms with Crippen LogP contribution in [0.1, 0.15) is 18.5 Å². The van der Waals surface area contributed by atoms with E-state index in [0.717, 1.165) is 31.3 Å². The smallest absolute Gasteiger partial charge is 0.317 e. The van der Waals surface area contributed by atoms with Crippen molar-refractivity contribution in [3.05, 3.63) is 30.0 Å². The summed E-state index contributed by atoms with van der Waals surface area (Å²) in [5.74, 6) is 0.0679. The lowest BCUT2D eigenvalue weighted by molar-refractivity contribution is -0.131. The summed E-state index contributed by atoms with van der Waals surface area (Å²) >= 11 is 0. The maximum absolute atomic E-state index is 12.6. The number of likely N-dealkylation sites (tertiary alicyclic amines) is 1. The van der Waals surface area contributed by atoms with Gasteiger partial charge in [-0.1, -0.05) is 17.3 Å². The molecule has 24 heavy (non-hydrogen) atoms. The molecule has 4 rings (SSSR count). The highest BCUT2D eigenvalue weighted by molar-refractivity contribution is 5.86. The second kappa shape index (κ2) is 6.14. The zero-order valence-electron chi connectivity index (χ0n) is 13.4. The van der Waals surface area contributed by atoms with Gasteiger partial charge in [-0.05, 0) is 25.0 Å². The molecule has 0 aliphatic carbocycles. The van der Waals surface area contributed by atoms with E-state index in [1.54, 1.807) is 0 Å². The lowest BCUT2D eigenvalue weighted by Crippen LogP contribution is -2.48. The van der Waals surface area contributed by atoms with Crippen molar-refractivity contribution in [2.75, 3.05) is 26.2 Å². The molecule has 7 nitrogen and oxygen atoms in total. The fraction of sp³-hybridized carbons (Fsp3) is 0.471. The number of hydrogen-bond donors (Lipinski definition) is 1. The third-order valence-corrected chi connectivity index (χ3v) is 4.92. The maximum atomic E-state index is 12.6. The number of benzene rings is 1. The molecule has 2 fully saturated rings. The van der Waals surface area contributed by atoms with Crippen LogP contribution in [-0.4, -0.2) is 59.1 Å². The number of aromatic nitrogens is 1. The molecule has 1 aromatic carbocycles. The fourth-order valence-electron chi connectivity index (χ4n) is 3.58. The van der Waals surface area contributed by atoms with Crippen LogP contribution in [0.3, 0.4) is 0 Å². The Balaban J connectivity index is 1.37. The van der Waals surface area contributed by atoms with Crippen molar-refractivity contribution >= 4 is 22.9 Å². The quantitative estimate of drug-likeness (QED) is 0.923. The molecule has 2 aliphatic heterocycles. The summed E-state index contributed by atoms with van der Waals surface area (Å²) in [5.41, 5.74) is 1.40. The number of fused-ring (bicyclic) bond motifs is 1. The van der Waals surface area contributed by atoms with Gasteiger partial charge in [-0.2, -0.15) is 0 Å². The monoisotopic (exact) mass is 328 g/mol. The van der Waals surface area contributed by atoms with E-state index in [4.69, 9.17) is 4.52 Å². The van der Waals surface area contributed by atoms with E-state index in [0.29, 0.717) is 24.4 Å². The molecule has 0 radical (unpaired) electrons. The molecule has 1 aromatic heterocycles. The summed E-state index contributed by atoms with van der Waals surface area (Å²) in [6.45, 7) is 2.85. The largest absolute Gasteiger partial charge is 0.356 e. The summed E-state index contributed by atoms with van der Waals surface area (Å²) in [6.07, 6.45) is 1.92. The number of nitrogens with zero attached hydrogens (tertiary/aromatic N) is 3. The van der Waals surface area contributed by atoms with E-state index in [9.17, 15) is 9.59 Å². The molecule has 0 atom stereocenters. The Morgan fingerprint density at radius 3 is 2.79 bits per heavy atom. The van der Waals surface area contributed by atoms with Gasteiger partial charge in [-0.15, -0.1) is 0 Å². The van der Waals surface area contributed by atoms with Gasteiger partial charge in [0.05, 0.1) is 6.42 Å². The molecule has 0 saturated carbocycles. The van der Waals surface area contributed by atoms with Crippen LogP contribution in [0.5, 0.6) is 0 Å². The van der Waals surface area contributed by atoms with Gasteiger partial charge in [-0.3, -0.25) is 4.79 Å². The first-order valence-electron chi connectivity index (χ1n) is 8.38. The van der Waals surface area contributed by atoms with Crippen molar-refractivity contribution in [3.63, 3.8) is 0 Å². The minimum Gasteiger partial charge on any atom is -0.356 e. The molecular weight excluding hydrogens is 308 g/mol. The highest BCUT2D eigenvalue weighted by Gasteiger charge is 2.32. The van der Waals surface area contributed by atoms with Gasteiger partial charge in [0.2, 0.25) is 5.91 Å². The van der Waals surface area contributed by atoms with E-state index in [1.807, 2.05) is 34.1 Å². The van der Waals surface area contributed by atoms with Gasteiger partial charge >= 0.3 is 6.03 Å². The summed E-state index contributed by atoms with van der Waals surface area (Å²) in [7, 11) is 0. The Morgan fingerprint density at radius 1 is 1.25 bits per heavy atom. The van der Waals surface area contributed by atoms with Crippen LogP contribution in [-0.2, 0) is 11.2 Å². The number of hydrogen-bond acceptors (Lipinski definition) is 4. The van der Waals surface area contributed by atoms with Crippen LogP contribution in [0, 0.1) is 0 Å². The SMILES string of the molecule is O=C(Cc1noc2ccccc12)N1CCC(N2CCNC2=O)CC1. The Labute approximate surface area is 139 Å². The normalized spacial score (nSPS) is 19.1. The highest BCUT2D eigenvalue weighted by Crippen LogP contribution is 2.21. The number of urea groups is 1. The molecule has 0 unspecified atom stereocenters. The molecule has 0 bridgehead atoms. The standard InChI is InChI=1S/C17H20N4O3/c22-16(11-14-13-3-1-2-4-15(13)24-19-14)20-8-5-12(6-9-20)21-10-7-18-17(21)23/h1-4,12H,5-11H2,(H,18,23). The van der Waals surface area contributed by atoms with E-state index in [1.165, 1.54) is 0 Å². The molecule has 2 saturated heterocycles. The van der Waals surface area contributed by atoms with Crippen molar-refractivity contribution in [1.82, 2.24) is 20.3 Å². The Morgan fingerprint density at radius 2 is 2.04 bits per heavy atom. The minimum absolute atomic E-state index is 0.0221. The Kier molecular flexibility index (Phi) is 3.84. The van der Waals surface area contributed by atoms with Crippen LogP contribution in [0.25, 0.3) is 11.0 Å². The second-order valence-corrected chi connectivity index (χ2v) is 6.34. The van der Waals surface area contributed by atoms with Gasteiger partial charge in [0, 0.05) is 37.6 Å². The minimum atomic E-state index is 0.0221. The fourth-order valence-corrected chi connectivity index (χ4v) is 3.58. The lowest BCUT2D eigenvalue weighted by Gasteiger charge is -2.36. The van der Waals surface area contributed by atoms with Crippen molar-refractivity contribution < 1.29 is 14.1 Å².